The van der Waals surface area contributed by atoms with E-state index in [2.05, 4.69) is 15.9 Å². The summed E-state index contributed by atoms with van der Waals surface area (Å²) in [5, 5.41) is 9.94. The molecule has 0 aliphatic rings. The number of benzene rings is 2. The molecule has 0 saturated carbocycles. The van der Waals surface area contributed by atoms with Crippen molar-refractivity contribution in [2.45, 2.75) is 26.1 Å². The van der Waals surface area contributed by atoms with E-state index in [0.29, 0.717) is 17.7 Å². The Kier molecular flexibility index (Phi) is 5.15. The van der Waals surface area contributed by atoms with Crippen molar-refractivity contribution in [1.29, 1.82) is 0 Å². The molecule has 2 aromatic carbocycles. The Morgan fingerprint density at radius 3 is 2.75 bits per heavy atom. The number of hydrogen-bond donors (Lipinski definition) is 1. The van der Waals surface area contributed by atoms with Crippen molar-refractivity contribution in [2.75, 3.05) is 0 Å². The zero-order valence-corrected chi connectivity index (χ0v) is 12.7. The Bertz CT molecular complexity index is 586. The lowest BCUT2D eigenvalue weighted by Crippen LogP contribution is -2.03. The van der Waals surface area contributed by atoms with Crippen LogP contribution < -0.4 is 4.74 Å². The van der Waals surface area contributed by atoms with Crippen LogP contribution in [-0.2, 0) is 6.61 Å². The van der Waals surface area contributed by atoms with Gasteiger partial charge in [0, 0.05) is 15.6 Å². The van der Waals surface area contributed by atoms with Gasteiger partial charge < -0.3 is 9.84 Å². The summed E-state index contributed by atoms with van der Waals surface area (Å²) < 4.78 is 20.1. The van der Waals surface area contributed by atoms with Gasteiger partial charge in [-0.05, 0) is 30.7 Å². The molecule has 0 aliphatic carbocycles. The van der Waals surface area contributed by atoms with Crippen LogP contribution in [0.3, 0.4) is 0 Å². The monoisotopic (exact) mass is 338 g/mol. The fourth-order valence-corrected chi connectivity index (χ4v) is 2.33. The first-order valence-corrected chi connectivity index (χ1v) is 7.24. The number of aliphatic hydroxyl groups excluding tert-OH is 1. The van der Waals surface area contributed by atoms with E-state index in [-0.39, 0.29) is 12.4 Å². The molecular weight excluding hydrogens is 323 g/mol. The molecule has 0 aliphatic heterocycles. The molecule has 20 heavy (non-hydrogen) atoms. The zero-order chi connectivity index (χ0) is 14.5. The third kappa shape index (κ3) is 3.58. The van der Waals surface area contributed by atoms with Crippen LogP contribution in [0.1, 0.15) is 30.6 Å². The van der Waals surface area contributed by atoms with Crippen LogP contribution in [0, 0.1) is 5.82 Å². The normalized spacial score (nSPS) is 12.2. The molecular formula is C16H16BrFO2. The van der Waals surface area contributed by atoms with Crippen LogP contribution in [-0.4, -0.2) is 5.11 Å². The van der Waals surface area contributed by atoms with Crippen molar-refractivity contribution in [2.24, 2.45) is 0 Å². The SMILES string of the molecule is CCC(O)c1ccccc1OCc1cc(Br)ccc1F. The number of ether oxygens (including phenoxy) is 1. The minimum absolute atomic E-state index is 0.124. The molecule has 1 N–H and O–H groups in total. The molecule has 0 radical (unpaired) electrons. The Hall–Kier alpha value is -1.39. The van der Waals surface area contributed by atoms with Crippen molar-refractivity contribution in [3.63, 3.8) is 0 Å². The Labute approximate surface area is 126 Å². The maximum absolute atomic E-state index is 13.6. The Balaban J connectivity index is 2.17. The highest BCUT2D eigenvalue weighted by molar-refractivity contribution is 9.10. The Morgan fingerprint density at radius 1 is 1.25 bits per heavy atom. The number of aliphatic hydroxyl groups is 1. The predicted octanol–water partition coefficient (Wildman–Crippen LogP) is 4.61. The molecule has 2 aromatic rings. The van der Waals surface area contributed by atoms with Crippen LogP contribution in [0.4, 0.5) is 4.39 Å². The standard InChI is InChI=1S/C16H16BrFO2/c1-2-15(19)13-5-3-4-6-16(13)20-10-11-9-12(17)7-8-14(11)18/h3-9,15,19H,2,10H2,1H3. The summed E-state index contributed by atoms with van der Waals surface area (Å²) in [5.74, 6) is 0.281. The lowest BCUT2D eigenvalue weighted by molar-refractivity contribution is 0.166. The van der Waals surface area contributed by atoms with Crippen LogP contribution in [0.25, 0.3) is 0 Å². The first kappa shape index (κ1) is 15.0. The van der Waals surface area contributed by atoms with Gasteiger partial charge in [-0.3, -0.25) is 0 Å². The molecule has 0 fully saturated rings. The van der Waals surface area contributed by atoms with E-state index in [1.165, 1.54) is 6.07 Å². The average molecular weight is 339 g/mol. The van der Waals surface area contributed by atoms with Gasteiger partial charge in [-0.2, -0.15) is 0 Å². The summed E-state index contributed by atoms with van der Waals surface area (Å²) in [7, 11) is 0. The van der Waals surface area contributed by atoms with E-state index in [0.717, 1.165) is 10.0 Å². The van der Waals surface area contributed by atoms with Gasteiger partial charge in [0.05, 0.1) is 6.10 Å². The molecule has 2 rings (SSSR count). The summed E-state index contributed by atoms with van der Waals surface area (Å²) >= 11 is 3.31. The van der Waals surface area contributed by atoms with Gasteiger partial charge in [0.2, 0.25) is 0 Å². The van der Waals surface area contributed by atoms with E-state index in [1.54, 1.807) is 18.2 Å². The number of rotatable bonds is 5. The first-order valence-electron chi connectivity index (χ1n) is 6.45. The van der Waals surface area contributed by atoms with Crippen molar-refractivity contribution in [3.05, 3.63) is 63.9 Å². The fraction of sp³-hybridized carbons (Fsp3) is 0.250. The van der Waals surface area contributed by atoms with Crippen LogP contribution in [0.5, 0.6) is 5.75 Å². The molecule has 0 amide bonds. The van der Waals surface area contributed by atoms with Crippen molar-refractivity contribution < 1.29 is 14.2 Å². The molecule has 1 unspecified atom stereocenters. The second kappa shape index (κ2) is 6.86. The van der Waals surface area contributed by atoms with Gasteiger partial charge in [0.25, 0.3) is 0 Å². The summed E-state index contributed by atoms with van der Waals surface area (Å²) in [4.78, 5) is 0. The van der Waals surface area contributed by atoms with Crippen LogP contribution in [0.15, 0.2) is 46.9 Å². The van der Waals surface area contributed by atoms with Crippen molar-refractivity contribution in [1.82, 2.24) is 0 Å². The molecule has 2 nitrogen and oxygen atoms in total. The zero-order valence-electron chi connectivity index (χ0n) is 11.1. The van der Waals surface area contributed by atoms with Gasteiger partial charge in [-0.25, -0.2) is 4.39 Å². The smallest absolute Gasteiger partial charge is 0.129 e. The van der Waals surface area contributed by atoms with Gasteiger partial charge in [0.15, 0.2) is 0 Å². The summed E-state index contributed by atoms with van der Waals surface area (Å²) in [6, 6.07) is 12.0. The fourth-order valence-electron chi connectivity index (χ4n) is 1.92. The van der Waals surface area contributed by atoms with Crippen LogP contribution in [0.2, 0.25) is 0 Å². The first-order chi connectivity index (χ1) is 9.61. The number of hydrogen-bond acceptors (Lipinski definition) is 2. The lowest BCUT2D eigenvalue weighted by Gasteiger charge is -2.15. The second-order valence-electron chi connectivity index (χ2n) is 4.49. The molecule has 0 heterocycles. The highest BCUT2D eigenvalue weighted by atomic mass is 79.9. The highest BCUT2D eigenvalue weighted by Gasteiger charge is 2.12. The van der Waals surface area contributed by atoms with Gasteiger partial charge in [-0.15, -0.1) is 0 Å². The van der Waals surface area contributed by atoms with Crippen LogP contribution >= 0.6 is 15.9 Å². The van der Waals surface area contributed by atoms with Gasteiger partial charge >= 0.3 is 0 Å². The van der Waals surface area contributed by atoms with E-state index < -0.39 is 6.10 Å². The number of para-hydroxylation sites is 1. The maximum Gasteiger partial charge on any atom is 0.129 e. The van der Waals surface area contributed by atoms with E-state index >= 15 is 0 Å². The third-order valence-corrected chi connectivity index (χ3v) is 3.55. The minimum Gasteiger partial charge on any atom is -0.488 e. The quantitative estimate of drug-likeness (QED) is 0.862. The maximum atomic E-state index is 13.6. The summed E-state index contributed by atoms with van der Waals surface area (Å²) in [6.07, 6.45) is 0.0320. The molecule has 0 bridgehead atoms. The van der Waals surface area contributed by atoms with Crippen molar-refractivity contribution in [3.8, 4) is 5.75 Å². The van der Waals surface area contributed by atoms with E-state index in [4.69, 9.17) is 4.74 Å². The predicted molar refractivity (Wildman–Crippen MR) is 80.1 cm³/mol. The molecule has 1 atom stereocenters. The van der Waals surface area contributed by atoms with Gasteiger partial charge in [0.1, 0.15) is 18.2 Å². The molecule has 106 valence electrons. The lowest BCUT2D eigenvalue weighted by atomic mass is 10.1. The average Bonchev–Trinajstić information content (AvgIpc) is 2.47. The third-order valence-electron chi connectivity index (χ3n) is 3.06. The second-order valence-corrected chi connectivity index (χ2v) is 5.40. The van der Waals surface area contributed by atoms with Gasteiger partial charge in [-0.1, -0.05) is 41.1 Å². The summed E-state index contributed by atoms with van der Waals surface area (Å²) in [5.41, 5.74) is 1.20. The van der Waals surface area contributed by atoms with E-state index in [9.17, 15) is 9.50 Å². The Morgan fingerprint density at radius 2 is 2.00 bits per heavy atom. The highest BCUT2D eigenvalue weighted by Crippen LogP contribution is 2.28. The summed E-state index contributed by atoms with van der Waals surface area (Å²) in [6.45, 7) is 2.02. The molecule has 0 aromatic heterocycles. The van der Waals surface area contributed by atoms with E-state index in [1.807, 2.05) is 25.1 Å². The molecule has 4 heteroatoms. The minimum atomic E-state index is -0.571. The topological polar surface area (TPSA) is 29.5 Å². The molecule has 0 spiro atoms. The number of halogens is 2. The van der Waals surface area contributed by atoms with Crippen molar-refractivity contribution >= 4 is 15.9 Å². The largest absolute Gasteiger partial charge is 0.488 e. The molecule has 0 saturated heterocycles.